The van der Waals surface area contributed by atoms with Crippen molar-refractivity contribution in [3.63, 3.8) is 0 Å². The highest BCUT2D eigenvalue weighted by atomic mass is 32.2. The second kappa shape index (κ2) is 8.60. The van der Waals surface area contributed by atoms with Crippen LogP contribution in [0.1, 0.15) is 19.8 Å². The van der Waals surface area contributed by atoms with E-state index in [1.165, 1.54) is 34.3 Å². The van der Waals surface area contributed by atoms with Gasteiger partial charge < -0.3 is 10.6 Å². The van der Waals surface area contributed by atoms with Crippen LogP contribution < -0.4 is 10.6 Å². The van der Waals surface area contributed by atoms with E-state index in [0.29, 0.717) is 18.5 Å². The summed E-state index contributed by atoms with van der Waals surface area (Å²) in [5, 5.41) is 5.10. The van der Waals surface area contributed by atoms with Gasteiger partial charge in [-0.05, 0) is 50.1 Å². The van der Waals surface area contributed by atoms with Crippen LogP contribution >= 0.6 is 11.8 Å². The predicted octanol–water partition coefficient (Wildman–Crippen LogP) is 3.30. The van der Waals surface area contributed by atoms with Crippen molar-refractivity contribution < 1.29 is 22.4 Å². The SMILES string of the molecule is C[C@H]1Sc2ccc(S(=O)(=O)N3CCC(C(=O)Nc4ccccc4F)CC3)cc2NC1=O. The highest BCUT2D eigenvalue weighted by Gasteiger charge is 2.33. The number of anilines is 2. The molecule has 4 rings (SSSR count). The molecule has 1 atom stereocenters. The first-order valence-corrected chi connectivity index (χ1v) is 12.2. The van der Waals surface area contributed by atoms with Gasteiger partial charge in [0.05, 0.1) is 21.5 Å². The van der Waals surface area contributed by atoms with Gasteiger partial charge in [0.15, 0.2) is 0 Å². The third-order valence-corrected chi connectivity index (χ3v) is 8.55. The van der Waals surface area contributed by atoms with E-state index in [4.69, 9.17) is 0 Å². The van der Waals surface area contributed by atoms with Crippen molar-refractivity contribution in [1.82, 2.24) is 4.31 Å². The maximum absolute atomic E-state index is 13.8. The lowest BCUT2D eigenvalue weighted by Gasteiger charge is -2.31. The number of nitrogens with zero attached hydrogens (tertiary/aromatic N) is 1. The van der Waals surface area contributed by atoms with E-state index in [1.807, 2.05) is 0 Å². The lowest BCUT2D eigenvalue weighted by atomic mass is 9.97. The summed E-state index contributed by atoms with van der Waals surface area (Å²) in [4.78, 5) is 25.3. The number of sulfonamides is 1. The zero-order valence-corrected chi connectivity index (χ0v) is 18.4. The molecule has 2 N–H and O–H groups in total. The van der Waals surface area contributed by atoms with Gasteiger partial charge in [-0.25, -0.2) is 12.8 Å². The van der Waals surface area contributed by atoms with Crippen LogP contribution in [0.3, 0.4) is 0 Å². The molecule has 0 spiro atoms. The van der Waals surface area contributed by atoms with Crippen molar-refractivity contribution in [3.8, 4) is 0 Å². The third-order valence-electron chi connectivity index (χ3n) is 5.48. The Morgan fingerprint density at radius 3 is 2.61 bits per heavy atom. The van der Waals surface area contributed by atoms with Gasteiger partial charge in [-0.3, -0.25) is 9.59 Å². The van der Waals surface area contributed by atoms with Crippen molar-refractivity contribution in [3.05, 3.63) is 48.3 Å². The van der Waals surface area contributed by atoms with E-state index in [1.54, 1.807) is 31.2 Å². The van der Waals surface area contributed by atoms with Crippen LogP contribution in [0, 0.1) is 11.7 Å². The van der Waals surface area contributed by atoms with Gasteiger partial charge in [0.2, 0.25) is 21.8 Å². The highest BCUT2D eigenvalue weighted by Crippen LogP contribution is 2.37. The molecule has 0 radical (unpaired) electrons. The zero-order valence-electron chi connectivity index (χ0n) is 16.8. The molecule has 0 bridgehead atoms. The molecule has 10 heteroatoms. The summed E-state index contributed by atoms with van der Waals surface area (Å²) >= 11 is 1.39. The average molecular weight is 464 g/mol. The minimum atomic E-state index is -3.76. The average Bonchev–Trinajstić information content (AvgIpc) is 2.76. The van der Waals surface area contributed by atoms with E-state index in [9.17, 15) is 22.4 Å². The van der Waals surface area contributed by atoms with E-state index >= 15 is 0 Å². The van der Waals surface area contributed by atoms with Crippen molar-refractivity contribution >= 4 is 45.0 Å². The van der Waals surface area contributed by atoms with Crippen LogP contribution in [-0.4, -0.2) is 42.9 Å². The van der Waals surface area contributed by atoms with Gasteiger partial charge in [-0.15, -0.1) is 11.8 Å². The van der Waals surface area contributed by atoms with E-state index in [0.717, 1.165) is 4.90 Å². The minimum Gasteiger partial charge on any atom is -0.324 e. The predicted molar refractivity (Wildman–Crippen MR) is 117 cm³/mol. The lowest BCUT2D eigenvalue weighted by Crippen LogP contribution is -2.41. The monoisotopic (exact) mass is 463 g/mol. The number of carbonyl (C=O) groups excluding carboxylic acids is 2. The first kappa shape index (κ1) is 21.8. The highest BCUT2D eigenvalue weighted by molar-refractivity contribution is 8.01. The Labute approximate surface area is 184 Å². The topological polar surface area (TPSA) is 95.6 Å². The fourth-order valence-electron chi connectivity index (χ4n) is 3.65. The van der Waals surface area contributed by atoms with Crippen LogP contribution in [0.25, 0.3) is 0 Å². The molecule has 7 nitrogen and oxygen atoms in total. The number of halogens is 1. The summed E-state index contributed by atoms with van der Waals surface area (Å²) in [6, 6.07) is 10.7. The number of fused-ring (bicyclic) bond motifs is 1. The number of thioether (sulfide) groups is 1. The smallest absolute Gasteiger partial charge is 0.243 e. The fourth-order valence-corrected chi connectivity index (χ4v) is 6.08. The Morgan fingerprint density at radius 2 is 1.90 bits per heavy atom. The van der Waals surface area contributed by atoms with E-state index in [2.05, 4.69) is 10.6 Å². The van der Waals surface area contributed by atoms with Crippen LogP contribution in [0.5, 0.6) is 0 Å². The summed E-state index contributed by atoms with van der Waals surface area (Å²) in [5.74, 6) is -1.38. The molecule has 2 aliphatic heterocycles. The number of hydrogen-bond acceptors (Lipinski definition) is 5. The molecule has 0 aliphatic carbocycles. The number of hydrogen-bond donors (Lipinski definition) is 2. The molecule has 0 saturated carbocycles. The van der Waals surface area contributed by atoms with Crippen molar-refractivity contribution in [1.29, 1.82) is 0 Å². The summed E-state index contributed by atoms with van der Waals surface area (Å²) < 4.78 is 41.3. The van der Waals surface area contributed by atoms with Crippen LogP contribution in [0.15, 0.2) is 52.3 Å². The zero-order chi connectivity index (χ0) is 22.2. The van der Waals surface area contributed by atoms with Crippen molar-refractivity contribution in [2.24, 2.45) is 5.92 Å². The number of para-hydroxylation sites is 1. The Morgan fingerprint density at radius 1 is 1.19 bits per heavy atom. The van der Waals surface area contributed by atoms with Gasteiger partial charge in [0, 0.05) is 23.9 Å². The first-order valence-electron chi connectivity index (χ1n) is 9.93. The second-order valence-electron chi connectivity index (χ2n) is 7.55. The van der Waals surface area contributed by atoms with Gasteiger partial charge in [0.1, 0.15) is 5.82 Å². The lowest BCUT2D eigenvalue weighted by molar-refractivity contribution is -0.121. The molecule has 164 valence electrons. The minimum absolute atomic E-state index is 0.107. The summed E-state index contributed by atoms with van der Waals surface area (Å²) in [5.41, 5.74) is 0.610. The maximum Gasteiger partial charge on any atom is 0.243 e. The van der Waals surface area contributed by atoms with Gasteiger partial charge in [-0.2, -0.15) is 4.31 Å². The van der Waals surface area contributed by atoms with Crippen molar-refractivity contribution in [2.45, 2.75) is 34.8 Å². The molecule has 2 amide bonds. The largest absolute Gasteiger partial charge is 0.324 e. The second-order valence-corrected chi connectivity index (χ2v) is 10.9. The number of amides is 2. The number of nitrogens with one attached hydrogen (secondary N) is 2. The molecule has 1 fully saturated rings. The maximum atomic E-state index is 13.8. The first-order chi connectivity index (χ1) is 14.8. The van der Waals surface area contributed by atoms with Gasteiger partial charge in [-0.1, -0.05) is 12.1 Å². The van der Waals surface area contributed by atoms with Gasteiger partial charge >= 0.3 is 0 Å². The Bertz CT molecular complexity index is 1130. The Balaban J connectivity index is 1.42. The molecule has 2 aromatic carbocycles. The Hall–Kier alpha value is -2.43. The molecule has 2 aliphatic rings. The number of carbonyl (C=O) groups is 2. The third kappa shape index (κ3) is 4.46. The van der Waals surface area contributed by atoms with Crippen LogP contribution in [0.4, 0.5) is 15.8 Å². The quantitative estimate of drug-likeness (QED) is 0.726. The molecule has 0 unspecified atom stereocenters. The van der Waals surface area contributed by atoms with Gasteiger partial charge in [0.25, 0.3) is 0 Å². The van der Waals surface area contributed by atoms with E-state index < -0.39 is 21.8 Å². The molecule has 31 heavy (non-hydrogen) atoms. The summed E-state index contributed by atoms with van der Waals surface area (Å²) in [7, 11) is -3.76. The molecule has 2 heterocycles. The molecular formula is C21H22FN3O4S2. The molecule has 0 aromatic heterocycles. The molecule has 1 saturated heterocycles. The number of piperidine rings is 1. The standard InChI is InChI=1S/C21H22FN3O4S2/c1-13-20(26)24-18-12-15(6-7-19(18)30-13)31(28,29)25-10-8-14(9-11-25)21(27)23-17-5-3-2-4-16(17)22/h2-7,12-14H,8-11H2,1H3,(H,23,27)(H,24,26)/t13-/m1/s1. The van der Waals surface area contributed by atoms with Crippen LogP contribution in [0.2, 0.25) is 0 Å². The van der Waals surface area contributed by atoms with Crippen molar-refractivity contribution in [2.75, 3.05) is 23.7 Å². The van der Waals surface area contributed by atoms with Crippen LogP contribution in [-0.2, 0) is 19.6 Å². The van der Waals surface area contributed by atoms with E-state index in [-0.39, 0.29) is 40.7 Å². The molecular weight excluding hydrogens is 441 g/mol. The normalized spacial score (nSPS) is 20.1. The Kier molecular flexibility index (Phi) is 6.05. The molecule has 2 aromatic rings. The summed E-state index contributed by atoms with van der Waals surface area (Å²) in [6.45, 7) is 2.17. The fraction of sp³-hybridized carbons (Fsp3) is 0.333. The number of rotatable bonds is 4. The summed E-state index contributed by atoms with van der Waals surface area (Å²) in [6.07, 6.45) is 0.684. The number of benzene rings is 2.